The van der Waals surface area contributed by atoms with E-state index in [2.05, 4.69) is 10.0 Å². The molecule has 0 saturated carbocycles. The number of sulfonamides is 2. The molecule has 2 rings (SSSR count). The number of rotatable bonds is 6. The Morgan fingerprint density at radius 1 is 1.22 bits per heavy atom. The zero-order chi connectivity index (χ0) is 17.1. The van der Waals surface area contributed by atoms with Crippen LogP contribution < -0.4 is 10.0 Å². The summed E-state index contributed by atoms with van der Waals surface area (Å²) in [6.45, 7) is 3.40. The van der Waals surface area contributed by atoms with Crippen LogP contribution in [0.3, 0.4) is 0 Å². The smallest absolute Gasteiger partial charge is 0.243 e. The van der Waals surface area contributed by atoms with Gasteiger partial charge in [0.1, 0.15) is 5.82 Å². The molecule has 1 aliphatic heterocycles. The third kappa shape index (κ3) is 4.40. The van der Waals surface area contributed by atoms with E-state index in [0.29, 0.717) is 32.6 Å². The van der Waals surface area contributed by atoms with E-state index in [9.17, 15) is 21.2 Å². The van der Waals surface area contributed by atoms with Gasteiger partial charge in [-0.1, -0.05) is 6.92 Å². The SMILES string of the molecule is CCCS(=O)(=O)Nc1ccc(S(=O)(=O)N2CCNCC2)cc1F. The van der Waals surface area contributed by atoms with Crippen LogP contribution in [-0.2, 0) is 20.0 Å². The van der Waals surface area contributed by atoms with Gasteiger partial charge in [0.25, 0.3) is 0 Å². The Labute approximate surface area is 136 Å². The molecule has 0 aromatic heterocycles. The highest BCUT2D eigenvalue weighted by Gasteiger charge is 2.26. The molecule has 1 aromatic rings. The molecule has 1 aliphatic rings. The van der Waals surface area contributed by atoms with Crippen molar-refractivity contribution in [2.75, 3.05) is 36.7 Å². The first kappa shape index (κ1) is 18.1. The number of nitrogens with one attached hydrogen (secondary N) is 2. The van der Waals surface area contributed by atoms with Gasteiger partial charge in [-0.2, -0.15) is 4.31 Å². The molecule has 0 unspecified atom stereocenters. The van der Waals surface area contributed by atoms with Crippen molar-refractivity contribution in [3.63, 3.8) is 0 Å². The van der Waals surface area contributed by atoms with Gasteiger partial charge in [0.05, 0.1) is 16.3 Å². The first-order valence-corrected chi connectivity index (χ1v) is 10.4. The van der Waals surface area contributed by atoms with Gasteiger partial charge in [-0.3, -0.25) is 4.72 Å². The van der Waals surface area contributed by atoms with Gasteiger partial charge in [-0.25, -0.2) is 21.2 Å². The van der Waals surface area contributed by atoms with Crippen molar-refractivity contribution in [2.24, 2.45) is 0 Å². The van der Waals surface area contributed by atoms with Gasteiger partial charge >= 0.3 is 0 Å². The topological polar surface area (TPSA) is 95.6 Å². The molecular formula is C13H20FN3O4S2. The molecule has 1 heterocycles. The Morgan fingerprint density at radius 3 is 2.43 bits per heavy atom. The van der Waals surface area contributed by atoms with Crippen molar-refractivity contribution in [1.29, 1.82) is 0 Å². The highest BCUT2D eigenvalue weighted by molar-refractivity contribution is 7.92. The number of benzene rings is 1. The van der Waals surface area contributed by atoms with E-state index in [1.54, 1.807) is 6.92 Å². The Bertz CT molecular complexity index is 759. The maximum absolute atomic E-state index is 14.1. The summed E-state index contributed by atoms with van der Waals surface area (Å²) in [6.07, 6.45) is 0.395. The predicted octanol–water partition coefficient (Wildman–Crippen LogP) is 0.571. The predicted molar refractivity (Wildman–Crippen MR) is 85.7 cm³/mol. The zero-order valence-electron chi connectivity index (χ0n) is 12.7. The van der Waals surface area contributed by atoms with Crippen LogP contribution in [0.5, 0.6) is 0 Å². The fourth-order valence-electron chi connectivity index (χ4n) is 2.26. The third-order valence-electron chi connectivity index (χ3n) is 3.39. The average Bonchev–Trinajstić information content (AvgIpc) is 2.50. The van der Waals surface area contributed by atoms with E-state index in [-0.39, 0.29) is 16.3 Å². The number of hydrogen-bond acceptors (Lipinski definition) is 5. The molecule has 1 fully saturated rings. The van der Waals surface area contributed by atoms with Gasteiger partial charge in [0.15, 0.2) is 0 Å². The molecule has 1 saturated heterocycles. The number of piperazine rings is 1. The van der Waals surface area contributed by atoms with Gasteiger partial charge < -0.3 is 5.32 Å². The van der Waals surface area contributed by atoms with Crippen LogP contribution in [0.25, 0.3) is 0 Å². The van der Waals surface area contributed by atoms with Crippen LogP contribution in [0.15, 0.2) is 23.1 Å². The minimum atomic E-state index is -3.78. The molecule has 130 valence electrons. The molecule has 0 radical (unpaired) electrons. The molecule has 0 aliphatic carbocycles. The first-order chi connectivity index (χ1) is 10.8. The molecule has 1 aromatic carbocycles. The normalized spacial score (nSPS) is 17.1. The van der Waals surface area contributed by atoms with Crippen LogP contribution in [0, 0.1) is 5.82 Å². The first-order valence-electron chi connectivity index (χ1n) is 7.27. The summed E-state index contributed by atoms with van der Waals surface area (Å²) in [5.41, 5.74) is -0.252. The molecule has 0 spiro atoms. The van der Waals surface area contributed by atoms with Crippen molar-refractivity contribution >= 4 is 25.7 Å². The number of anilines is 1. The zero-order valence-corrected chi connectivity index (χ0v) is 14.4. The van der Waals surface area contributed by atoms with Crippen LogP contribution in [0.1, 0.15) is 13.3 Å². The summed E-state index contributed by atoms with van der Waals surface area (Å²) in [6, 6.07) is 3.20. The Morgan fingerprint density at radius 2 is 1.87 bits per heavy atom. The van der Waals surface area contributed by atoms with E-state index >= 15 is 0 Å². The lowest BCUT2D eigenvalue weighted by Gasteiger charge is -2.26. The highest BCUT2D eigenvalue weighted by Crippen LogP contribution is 2.23. The van der Waals surface area contributed by atoms with Crippen LogP contribution >= 0.6 is 0 Å². The maximum atomic E-state index is 14.1. The Hall–Kier alpha value is -1.23. The largest absolute Gasteiger partial charge is 0.314 e. The number of halogens is 1. The van der Waals surface area contributed by atoms with Gasteiger partial charge in [0.2, 0.25) is 20.0 Å². The van der Waals surface area contributed by atoms with Crippen molar-refractivity contribution in [2.45, 2.75) is 18.2 Å². The summed E-state index contributed by atoms with van der Waals surface area (Å²) < 4.78 is 65.7. The quantitative estimate of drug-likeness (QED) is 0.768. The highest BCUT2D eigenvalue weighted by atomic mass is 32.2. The van der Waals surface area contributed by atoms with Crippen LogP contribution in [0.4, 0.5) is 10.1 Å². The summed E-state index contributed by atoms with van der Waals surface area (Å²) in [7, 11) is -7.41. The minimum Gasteiger partial charge on any atom is -0.314 e. The van der Waals surface area contributed by atoms with Crippen LogP contribution in [-0.4, -0.2) is 53.1 Å². The van der Waals surface area contributed by atoms with Crippen molar-refractivity contribution in [3.8, 4) is 0 Å². The summed E-state index contributed by atoms with van der Waals surface area (Å²) in [4.78, 5) is -0.185. The Balaban J connectivity index is 2.25. The molecule has 23 heavy (non-hydrogen) atoms. The third-order valence-corrected chi connectivity index (χ3v) is 6.76. The second-order valence-corrected chi connectivity index (χ2v) is 9.00. The Kier molecular flexibility index (Phi) is 5.61. The molecule has 0 bridgehead atoms. The van der Waals surface area contributed by atoms with Crippen LogP contribution in [0.2, 0.25) is 0 Å². The van der Waals surface area contributed by atoms with E-state index in [1.165, 1.54) is 10.4 Å². The molecule has 10 heteroatoms. The summed E-state index contributed by atoms with van der Waals surface area (Å²) in [5, 5.41) is 3.04. The summed E-state index contributed by atoms with van der Waals surface area (Å²) in [5.74, 6) is -1.05. The molecule has 0 atom stereocenters. The lowest BCUT2D eigenvalue weighted by atomic mass is 10.3. The van der Waals surface area contributed by atoms with E-state index in [4.69, 9.17) is 0 Å². The van der Waals surface area contributed by atoms with Gasteiger partial charge in [-0.15, -0.1) is 0 Å². The summed E-state index contributed by atoms with van der Waals surface area (Å²) >= 11 is 0. The lowest BCUT2D eigenvalue weighted by Crippen LogP contribution is -2.46. The second kappa shape index (κ2) is 7.12. The molecule has 7 nitrogen and oxygen atoms in total. The van der Waals surface area contributed by atoms with E-state index in [1.807, 2.05) is 0 Å². The van der Waals surface area contributed by atoms with Crippen molar-refractivity contribution in [3.05, 3.63) is 24.0 Å². The fraction of sp³-hybridized carbons (Fsp3) is 0.538. The average molecular weight is 365 g/mol. The van der Waals surface area contributed by atoms with Crippen molar-refractivity contribution < 1.29 is 21.2 Å². The number of hydrogen-bond donors (Lipinski definition) is 2. The molecule has 2 N–H and O–H groups in total. The maximum Gasteiger partial charge on any atom is 0.243 e. The standard InChI is InChI=1S/C13H20FN3O4S2/c1-2-9-22(18,19)16-13-4-3-11(10-12(13)14)23(20,21)17-7-5-15-6-8-17/h3-4,10,15-16H,2,5-9H2,1H3. The van der Waals surface area contributed by atoms with E-state index in [0.717, 1.165) is 12.1 Å². The molecule has 0 amide bonds. The second-order valence-electron chi connectivity index (χ2n) is 5.22. The minimum absolute atomic E-state index is 0.132. The monoisotopic (exact) mass is 365 g/mol. The van der Waals surface area contributed by atoms with Crippen molar-refractivity contribution in [1.82, 2.24) is 9.62 Å². The fourth-order valence-corrected chi connectivity index (χ4v) is 4.85. The molecular weight excluding hydrogens is 345 g/mol. The van der Waals surface area contributed by atoms with E-state index < -0.39 is 25.9 Å². The number of nitrogens with zero attached hydrogens (tertiary/aromatic N) is 1. The van der Waals surface area contributed by atoms with Gasteiger partial charge in [-0.05, 0) is 24.6 Å². The lowest BCUT2D eigenvalue weighted by molar-refractivity contribution is 0.360. The van der Waals surface area contributed by atoms with Gasteiger partial charge in [0, 0.05) is 26.2 Å².